The molecule has 128 valence electrons. The van der Waals surface area contributed by atoms with E-state index in [1.54, 1.807) is 6.07 Å². The summed E-state index contributed by atoms with van der Waals surface area (Å²) in [6, 6.07) is 3.81. The molecule has 1 aliphatic heterocycles. The Morgan fingerprint density at radius 2 is 2.17 bits per heavy atom. The van der Waals surface area contributed by atoms with Crippen molar-refractivity contribution in [3.05, 3.63) is 29.0 Å². The van der Waals surface area contributed by atoms with E-state index in [9.17, 15) is 14.3 Å². The quantitative estimate of drug-likeness (QED) is 0.770. The Morgan fingerprint density at radius 3 is 2.87 bits per heavy atom. The van der Waals surface area contributed by atoms with Gasteiger partial charge >= 0.3 is 6.03 Å². The number of carbonyl (C=O) groups excluding carboxylic acids is 1. The predicted molar refractivity (Wildman–Crippen MR) is 89.3 cm³/mol. The van der Waals surface area contributed by atoms with Crippen LogP contribution in [0, 0.1) is 11.7 Å². The molecule has 0 radical (unpaired) electrons. The highest BCUT2D eigenvalue weighted by Crippen LogP contribution is 2.21. The van der Waals surface area contributed by atoms with Crippen LogP contribution < -0.4 is 10.6 Å². The van der Waals surface area contributed by atoms with Crippen molar-refractivity contribution in [2.75, 3.05) is 31.5 Å². The van der Waals surface area contributed by atoms with E-state index in [0.29, 0.717) is 6.54 Å². The zero-order chi connectivity index (χ0) is 16.8. The molecule has 1 aliphatic rings. The molecule has 1 fully saturated rings. The van der Waals surface area contributed by atoms with Gasteiger partial charge in [0.25, 0.3) is 0 Å². The number of nitrogens with one attached hydrogen (secondary N) is 2. The normalized spacial score (nSPS) is 17.7. The lowest BCUT2D eigenvalue weighted by molar-refractivity contribution is 0.0924. The Balaban J connectivity index is 1.72. The molecule has 2 rings (SSSR count). The van der Waals surface area contributed by atoms with E-state index in [-0.39, 0.29) is 17.3 Å². The van der Waals surface area contributed by atoms with E-state index in [2.05, 4.69) is 22.5 Å². The molecule has 1 saturated heterocycles. The third kappa shape index (κ3) is 5.64. The number of hydrogen-bond donors (Lipinski definition) is 3. The summed E-state index contributed by atoms with van der Waals surface area (Å²) in [6.45, 7) is 4.81. The number of carbonyl (C=O) groups is 1. The Bertz CT molecular complexity index is 536. The number of aliphatic hydroxyl groups excluding tert-OH is 1. The second kappa shape index (κ2) is 8.47. The highest BCUT2D eigenvalue weighted by atomic mass is 35.5. The van der Waals surface area contributed by atoms with Crippen molar-refractivity contribution < 1.29 is 14.3 Å². The van der Waals surface area contributed by atoms with Crippen molar-refractivity contribution in [3.63, 3.8) is 0 Å². The number of hydrogen-bond acceptors (Lipinski definition) is 3. The molecular formula is C16H23ClFN3O2. The number of rotatable bonds is 5. The SMILES string of the molecule is CC1CCN(CC(O)CNC(=O)Nc2cccc(Cl)c2F)CC1. The van der Waals surface area contributed by atoms with Crippen LogP contribution in [0.15, 0.2) is 18.2 Å². The number of aliphatic hydroxyl groups is 1. The molecule has 2 amide bonds. The maximum Gasteiger partial charge on any atom is 0.319 e. The van der Waals surface area contributed by atoms with Crippen molar-refractivity contribution in [2.45, 2.75) is 25.9 Å². The molecule has 1 aromatic rings. The zero-order valence-electron chi connectivity index (χ0n) is 13.2. The summed E-state index contributed by atoms with van der Waals surface area (Å²) in [5.41, 5.74) is 0.00880. The molecule has 0 saturated carbocycles. The average Bonchev–Trinajstić information content (AvgIpc) is 2.52. The van der Waals surface area contributed by atoms with E-state index < -0.39 is 18.0 Å². The summed E-state index contributed by atoms with van der Waals surface area (Å²) in [7, 11) is 0. The molecule has 23 heavy (non-hydrogen) atoms. The molecule has 5 nitrogen and oxygen atoms in total. The van der Waals surface area contributed by atoms with E-state index in [1.165, 1.54) is 12.1 Å². The average molecular weight is 344 g/mol. The third-order valence-electron chi connectivity index (χ3n) is 4.04. The van der Waals surface area contributed by atoms with Crippen molar-refractivity contribution in [2.24, 2.45) is 5.92 Å². The molecule has 0 aliphatic carbocycles. The molecule has 7 heteroatoms. The Kier molecular flexibility index (Phi) is 6.62. The first kappa shape index (κ1) is 18.0. The van der Waals surface area contributed by atoms with Crippen LogP contribution in [0.1, 0.15) is 19.8 Å². The lowest BCUT2D eigenvalue weighted by atomic mass is 9.99. The summed E-state index contributed by atoms with van der Waals surface area (Å²) in [6.07, 6.45) is 1.61. The summed E-state index contributed by atoms with van der Waals surface area (Å²) >= 11 is 5.65. The number of nitrogens with zero attached hydrogens (tertiary/aromatic N) is 1. The van der Waals surface area contributed by atoms with Gasteiger partial charge in [0.1, 0.15) is 0 Å². The molecule has 1 unspecified atom stereocenters. The second-order valence-corrected chi connectivity index (χ2v) is 6.48. The number of β-amino-alcohol motifs (C(OH)–C–C–N with tert-alkyl or cyclic N) is 1. The monoisotopic (exact) mass is 343 g/mol. The minimum absolute atomic E-state index is 0.00880. The van der Waals surface area contributed by atoms with Crippen LogP contribution in [0.4, 0.5) is 14.9 Å². The fraction of sp³-hybridized carbons (Fsp3) is 0.562. The first-order valence-corrected chi connectivity index (χ1v) is 8.22. The summed E-state index contributed by atoms with van der Waals surface area (Å²) in [5.74, 6) is 0.0622. The molecule has 0 aromatic heterocycles. The molecule has 1 heterocycles. The minimum Gasteiger partial charge on any atom is -0.390 e. The van der Waals surface area contributed by atoms with Gasteiger partial charge in [-0.25, -0.2) is 9.18 Å². The van der Waals surface area contributed by atoms with Gasteiger partial charge < -0.3 is 20.6 Å². The number of urea groups is 1. The topological polar surface area (TPSA) is 64.6 Å². The molecule has 0 bridgehead atoms. The Morgan fingerprint density at radius 1 is 1.48 bits per heavy atom. The summed E-state index contributed by atoms with van der Waals surface area (Å²) < 4.78 is 13.7. The Labute approximate surface area is 140 Å². The number of halogens is 2. The fourth-order valence-corrected chi connectivity index (χ4v) is 2.76. The minimum atomic E-state index is -0.674. The first-order valence-electron chi connectivity index (χ1n) is 7.85. The molecule has 1 aromatic carbocycles. The van der Waals surface area contributed by atoms with Crippen LogP contribution in [0.2, 0.25) is 5.02 Å². The number of amides is 2. The lowest BCUT2D eigenvalue weighted by Gasteiger charge is -2.31. The van der Waals surface area contributed by atoms with Crippen molar-refractivity contribution >= 4 is 23.3 Å². The van der Waals surface area contributed by atoms with E-state index in [0.717, 1.165) is 31.8 Å². The lowest BCUT2D eigenvalue weighted by Crippen LogP contribution is -2.43. The van der Waals surface area contributed by atoms with Gasteiger partial charge in [-0.05, 0) is 44.0 Å². The van der Waals surface area contributed by atoms with Crippen molar-refractivity contribution in [1.29, 1.82) is 0 Å². The van der Waals surface area contributed by atoms with E-state index in [1.807, 2.05) is 0 Å². The van der Waals surface area contributed by atoms with Gasteiger partial charge in [-0.3, -0.25) is 0 Å². The van der Waals surface area contributed by atoms with Crippen LogP contribution in [0.3, 0.4) is 0 Å². The van der Waals surface area contributed by atoms with Crippen LogP contribution in [0.5, 0.6) is 0 Å². The molecule has 1 atom stereocenters. The van der Waals surface area contributed by atoms with Crippen molar-refractivity contribution in [1.82, 2.24) is 10.2 Å². The van der Waals surface area contributed by atoms with Gasteiger partial charge in [-0.1, -0.05) is 24.6 Å². The predicted octanol–water partition coefficient (Wildman–Crippen LogP) is 2.69. The zero-order valence-corrected chi connectivity index (χ0v) is 13.9. The van der Waals surface area contributed by atoms with E-state index >= 15 is 0 Å². The van der Waals surface area contributed by atoms with Crippen LogP contribution >= 0.6 is 11.6 Å². The molecule has 3 N–H and O–H groups in total. The smallest absolute Gasteiger partial charge is 0.319 e. The van der Waals surface area contributed by atoms with Crippen molar-refractivity contribution in [3.8, 4) is 0 Å². The van der Waals surface area contributed by atoms with Gasteiger partial charge in [0.2, 0.25) is 0 Å². The molecule has 0 spiro atoms. The fourth-order valence-electron chi connectivity index (χ4n) is 2.58. The number of benzene rings is 1. The Hall–Kier alpha value is -1.37. The maximum atomic E-state index is 13.7. The largest absolute Gasteiger partial charge is 0.390 e. The molecular weight excluding hydrogens is 321 g/mol. The third-order valence-corrected chi connectivity index (χ3v) is 4.34. The number of likely N-dealkylation sites (tertiary alicyclic amines) is 1. The number of piperidine rings is 1. The van der Waals surface area contributed by atoms with Gasteiger partial charge in [0.15, 0.2) is 5.82 Å². The summed E-state index contributed by atoms with van der Waals surface area (Å²) in [5, 5.41) is 14.9. The van der Waals surface area contributed by atoms with Crippen LogP contribution in [-0.4, -0.2) is 48.3 Å². The van der Waals surface area contributed by atoms with Gasteiger partial charge in [-0.15, -0.1) is 0 Å². The first-order chi connectivity index (χ1) is 11.0. The van der Waals surface area contributed by atoms with Gasteiger partial charge in [-0.2, -0.15) is 0 Å². The standard InChI is InChI=1S/C16H23ClFN3O2/c1-11-5-7-21(8-6-11)10-12(22)9-19-16(23)20-14-4-2-3-13(17)15(14)18/h2-4,11-12,22H,5-10H2,1H3,(H2,19,20,23). The summed E-state index contributed by atoms with van der Waals surface area (Å²) in [4.78, 5) is 14.0. The second-order valence-electron chi connectivity index (χ2n) is 6.07. The highest BCUT2D eigenvalue weighted by molar-refractivity contribution is 6.31. The van der Waals surface area contributed by atoms with E-state index in [4.69, 9.17) is 11.6 Å². The highest BCUT2D eigenvalue weighted by Gasteiger charge is 2.18. The maximum absolute atomic E-state index is 13.7. The van der Waals surface area contributed by atoms with Gasteiger partial charge in [0, 0.05) is 13.1 Å². The van der Waals surface area contributed by atoms with Crippen LogP contribution in [0.25, 0.3) is 0 Å². The van der Waals surface area contributed by atoms with Gasteiger partial charge in [0.05, 0.1) is 16.8 Å². The van der Waals surface area contributed by atoms with Crippen LogP contribution in [-0.2, 0) is 0 Å². The number of anilines is 1.